The summed E-state index contributed by atoms with van der Waals surface area (Å²) in [6, 6.07) is 0. The van der Waals surface area contributed by atoms with Gasteiger partial charge in [-0.25, -0.2) is 0 Å². The first-order valence-corrected chi connectivity index (χ1v) is 10.7. The fraction of sp³-hybridized carbons (Fsp3) is 0.818. The maximum absolute atomic E-state index is 3.53. The third-order valence-corrected chi connectivity index (χ3v) is 7.63. The zero-order valence-electron chi connectivity index (χ0n) is 15.3. The van der Waals surface area contributed by atoms with Gasteiger partial charge in [0.2, 0.25) is 0 Å². The zero-order valence-corrected chi connectivity index (χ0v) is 15.3. The van der Waals surface area contributed by atoms with E-state index in [9.17, 15) is 0 Å². The molecule has 0 spiro atoms. The minimum Gasteiger partial charge on any atom is -0.387 e. The molecule has 4 rings (SSSR count). The normalized spacial score (nSPS) is 38.4. The van der Waals surface area contributed by atoms with Crippen LogP contribution >= 0.6 is 0 Å². The van der Waals surface area contributed by atoms with Crippen LogP contribution in [0.4, 0.5) is 0 Å². The first-order valence-electron chi connectivity index (χ1n) is 10.7. The Kier molecular flexibility index (Phi) is 5.62. The molecule has 0 amide bonds. The van der Waals surface area contributed by atoms with E-state index >= 15 is 0 Å². The first-order chi connectivity index (χ1) is 11.9. The minimum atomic E-state index is 0.852. The van der Waals surface area contributed by atoms with Crippen molar-refractivity contribution in [2.75, 3.05) is 19.6 Å². The summed E-state index contributed by atoms with van der Waals surface area (Å²) >= 11 is 0. The van der Waals surface area contributed by atoms with Crippen LogP contribution in [0.25, 0.3) is 0 Å². The second-order valence-electron chi connectivity index (χ2n) is 8.82. The number of rotatable bonds is 3. The van der Waals surface area contributed by atoms with Gasteiger partial charge in [0.05, 0.1) is 0 Å². The fourth-order valence-corrected chi connectivity index (χ4v) is 6.10. The highest BCUT2D eigenvalue weighted by molar-refractivity contribution is 5.25. The molecule has 2 heteroatoms. The molecule has 4 aliphatic rings. The van der Waals surface area contributed by atoms with Crippen molar-refractivity contribution in [3.05, 3.63) is 23.9 Å². The van der Waals surface area contributed by atoms with Gasteiger partial charge in [-0.2, -0.15) is 0 Å². The SMILES string of the molecule is C1=CC(C2CCC(C3CCC(C4CCNCC4)CC3)CC2)=CCN1. The van der Waals surface area contributed by atoms with Crippen molar-refractivity contribution in [3.8, 4) is 0 Å². The van der Waals surface area contributed by atoms with Gasteiger partial charge in [-0.15, -0.1) is 0 Å². The van der Waals surface area contributed by atoms with Gasteiger partial charge in [-0.05, 0) is 125 Å². The van der Waals surface area contributed by atoms with Crippen molar-refractivity contribution in [3.63, 3.8) is 0 Å². The predicted octanol–water partition coefficient (Wildman–Crippen LogP) is 4.64. The number of allylic oxidation sites excluding steroid dienone is 2. The van der Waals surface area contributed by atoms with Crippen molar-refractivity contribution in [2.45, 2.75) is 64.2 Å². The molecule has 1 saturated heterocycles. The van der Waals surface area contributed by atoms with E-state index in [-0.39, 0.29) is 0 Å². The van der Waals surface area contributed by atoms with Crippen molar-refractivity contribution in [2.24, 2.45) is 29.6 Å². The maximum atomic E-state index is 3.53. The van der Waals surface area contributed by atoms with Crippen LogP contribution in [0, 0.1) is 29.6 Å². The van der Waals surface area contributed by atoms with Gasteiger partial charge in [0, 0.05) is 6.54 Å². The Morgan fingerprint density at radius 1 is 0.667 bits per heavy atom. The number of hydrogen-bond donors (Lipinski definition) is 2. The molecule has 0 unspecified atom stereocenters. The highest BCUT2D eigenvalue weighted by Crippen LogP contribution is 2.45. The molecule has 0 aromatic rings. The summed E-state index contributed by atoms with van der Waals surface area (Å²) in [7, 11) is 0. The Bertz CT molecular complexity index is 445. The van der Waals surface area contributed by atoms with Crippen LogP contribution in [-0.4, -0.2) is 19.6 Å². The van der Waals surface area contributed by atoms with Crippen molar-refractivity contribution >= 4 is 0 Å². The van der Waals surface area contributed by atoms with Gasteiger partial charge in [-0.1, -0.05) is 6.08 Å². The van der Waals surface area contributed by atoms with Crippen LogP contribution in [-0.2, 0) is 0 Å². The van der Waals surface area contributed by atoms with Crippen LogP contribution in [0.2, 0.25) is 0 Å². The summed E-state index contributed by atoms with van der Waals surface area (Å²) in [5, 5.41) is 6.82. The lowest BCUT2D eigenvalue weighted by Gasteiger charge is -2.41. The molecule has 3 fully saturated rings. The number of hydrogen-bond acceptors (Lipinski definition) is 2. The van der Waals surface area contributed by atoms with E-state index in [0.717, 1.165) is 36.1 Å². The molecule has 0 aromatic carbocycles. The summed E-state index contributed by atoms with van der Waals surface area (Å²) in [6.45, 7) is 3.58. The Balaban J connectivity index is 1.22. The van der Waals surface area contributed by atoms with Crippen LogP contribution in [0.1, 0.15) is 64.2 Å². The summed E-state index contributed by atoms with van der Waals surface area (Å²) < 4.78 is 0. The van der Waals surface area contributed by atoms with E-state index in [2.05, 4.69) is 29.0 Å². The predicted molar refractivity (Wildman–Crippen MR) is 102 cm³/mol. The lowest BCUT2D eigenvalue weighted by molar-refractivity contribution is 0.119. The third kappa shape index (κ3) is 3.90. The van der Waals surface area contributed by atoms with Gasteiger partial charge in [0.25, 0.3) is 0 Å². The molecule has 2 aliphatic carbocycles. The molecule has 0 atom stereocenters. The standard InChI is InChI=1S/C22H36N2/c1-5-19(21-9-13-23-14-10-21)6-2-17(1)18-3-7-20(8-4-18)22-11-15-24-16-12-22/h9-10,13,17-20,22-24H,1-8,11-12,14-16H2. The Morgan fingerprint density at radius 2 is 1.21 bits per heavy atom. The van der Waals surface area contributed by atoms with E-state index < -0.39 is 0 Å². The third-order valence-electron chi connectivity index (χ3n) is 7.63. The number of piperidine rings is 1. The van der Waals surface area contributed by atoms with Crippen LogP contribution in [0.5, 0.6) is 0 Å². The largest absolute Gasteiger partial charge is 0.387 e. The molecule has 2 heterocycles. The quantitative estimate of drug-likeness (QED) is 0.788. The average Bonchev–Trinajstić information content (AvgIpc) is 2.70. The highest BCUT2D eigenvalue weighted by atomic mass is 14.9. The van der Waals surface area contributed by atoms with E-state index in [1.807, 2.05) is 0 Å². The monoisotopic (exact) mass is 328 g/mol. The van der Waals surface area contributed by atoms with Crippen molar-refractivity contribution in [1.29, 1.82) is 0 Å². The smallest absolute Gasteiger partial charge is 0.0331 e. The topological polar surface area (TPSA) is 24.1 Å². The van der Waals surface area contributed by atoms with Crippen molar-refractivity contribution < 1.29 is 0 Å². The molecule has 2 saturated carbocycles. The molecular formula is C22H36N2. The zero-order chi connectivity index (χ0) is 16.2. The van der Waals surface area contributed by atoms with Crippen LogP contribution in [0.15, 0.2) is 23.9 Å². The summed E-state index contributed by atoms with van der Waals surface area (Å²) in [5.74, 6) is 5.06. The molecule has 2 N–H and O–H groups in total. The Hall–Kier alpha value is -0.760. The maximum Gasteiger partial charge on any atom is 0.0331 e. The lowest BCUT2D eigenvalue weighted by Crippen LogP contribution is -2.34. The fourth-order valence-electron chi connectivity index (χ4n) is 6.10. The number of dihydropyridines is 1. The van der Waals surface area contributed by atoms with Crippen molar-refractivity contribution in [1.82, 2.24) is 10.6 Å². The van der Waals surface area contributed by atoms with Gasteiger partial charge in [0.1, 0.15) is 0 Å². The van der Waals surface area contributed by atoms with Gasteiger partial charge in [-0.3, -0.25) is 0 Å². The first kappa shape index (κ1) is 16.7. The summed E-state index contributed by atoms with van der Waals surface area (Å²) in [6.07, 6.45) is 21.8. The molecule has 24 heavy (non-hydrogen) atoms. The van der Waals surface area contributed by atoms with E-state index in [1.54, 1.807) is 5.57 Å². The van der Waals surface area contributed by atoms with Crippen LogP contribution in [0.3, 0.4) is 0 Å². The molecule has 2 nitrogen and oxygen atoms in total. The van der Waals surface area contributed by atoms with Gasteiger partial charge >= 0.3 is 0 Å². The summed E-state index contributed by atoms with van der Waals surface area (Å²) in [5.41, 5.74) is 1.61. The molecule has 134 valence electrons. The Morgan fingerprint density at radius 3 is 1.75 bits per heavy atom. The van der Waals surface area contributed by atoms with E-state index in [4.69, 9.17) is 0 Å². The average molecular weight is 329 g/mol. The van der Waals surface area contributed by atoms with E-state index in [0.29, 0.717) is 0 Å². The van der Waals surface area contributed by atoms with Crippen LogP contribution < -0.4 is 10.6 Å². The molecular weight excluding hydrogens is 292 g/mol. The second kappa shape index (κ2) is 8.08. The lowest BCUT2D eigenvalue weighted by atomic mass is 9.66. The highest BCUT2D eigenvalue weighted by Gasteiger charge is 2.33. The second-order valence-corrected chi connectivity index (χ2v) is 8.82. The van der Waals surface area contributed by atoms with E-state index in [1.165, 1.54) is 77.3 Å². The van der Waals surface area contributed by atoms with Gasteiger partial charge < -0.3 is 10.6 Å². The molecule has 2 aliphatic heterocycles. The minimum absolute atomic E-state index is 0.852. The number of nitrogens with one attached hydrogen (secondary N) is 2. The molecule has 0 radical (unpaired) electrons. The molecule has 0 aromatic heterocycles. The Labute approximate surface area is 148 Å². The van der Waals surface area contributed by atoms with Gasteiger partial charge in [0.15, 0.2) is 0 Å². The molecule has 0 bridgehead atoms. The summed E-state index contributed by atoms with van der Waals surface area (Å²) in [4.78, 5) is 0.